The summed E-state index contributed by atoms with van der Waals surface area (Å²) >= 11 is 1.37. The molecule has 0 aliphatic rings. The number of rotatable bonds is 5. The van der Waals surface area contributed by atoms with E-state index in [2.05, 4.69) is 20.5 Å². The number of carbonyl (C=O) groups is 1. The second-order valence-corrected chi connectivity index (χ2v) is 6.99. The average molecular weight is 366 g/mol. The molecule has 0 radical (unpaired) electrons. The molecule has 4 aromatic rings. The van der Waals surface area contributed by atoms with Crippen molar-refractivity contribution in [3.8, 4) is 0 Å². The maximum absolute atomic E-state index is 12.3. The number of hydrogen-bond acceptors (Lipinski definition) is 5. The maximum Gasteiger partial charge on any atom is 0.234 e. The molecule has 0 aliphatic heterocycles. The van der Waals surface area contributed by atoms with Gasteiger partial charge in [-0.1, -0.05) is 23.9 Å². The zero-order chi connectivity index (χ0) is 18.1. The van der Waals surface area contributed by atoms with Crippen LogP contribution in [-0.4, -0.2) is 45.3 Å². The molecular weight excluding hydrogens is 348 g/mol. The summed E-state index contributed by atoms with van der Waals surface area (Å²) in [4.78, 5) is 18.8. The Morgan fingerprint density at radius 1 is 1.19 bits per heavy atom. The highest BCUT2D eigenvalue weighted by Crippen LogP contribution is 2.23. The van der Waals surface area contributed by atoms with E-state index in [9.17, 15) is 4.79 Å². The molecule has 4 rings (SSSR count). The molecule has 0 aliphatic carbocycles. The SMILES string of the molecule is CN(C)c1ccc(NC(=O)CSc2n[nH]c3nc4ccccc4n23)cc1. The van der Waals surface area contributed by atoms with Gasteiger partial charge in [0.2, 0.25) is 11.7 Å². The van der Waals surface area contributed by atoms with E-state index in [1.54, 1.807) is 0 Å². The van der Waals surface area contributed by atoms with Gasteiger partial charge in [0.15, 0.2) is 5.16 Å². The molecule has 0 bridgehead atoms. The normalized spacial score (nSPS) is 11.2. The predicted octanol–water partition coefficient (Wildman–Crippen LogP) is 3.01. The van der Waals surface area contributed by atoms with Crippen LogP contribution < -0.4 is 10.2 Å². The largest absolute Gasteiger partial charge is 0.378 e. The molecule has 7 nitrogen and oxygen atoms in total. The van der Waals surface area contributed by atoms with Crippen LogP contribution in [0.1, 0.15) is 0 Å². The molecule has 132 valence electrons. The molecule has 1 amide bonds. The van der Waals surface area contributed by atoms with E-state index < -0.39 is 0 Å². The van der Waals surface area contributed by atoms with Gasteiger partial charge in [-0.15, -0.1) is 5.10 Å². The number of thioether (sulfide) groups is 1. The first-order chi connectivity index (χ1) is 12.6. The summed E-state index contributed by atoms with van der Waals surface area (Å²) in [6, 6.07) is 15.6. The van der Waals surface area contributed by atoms with Crippen molar-refractivity contribution in [1.82, 2.24) is 19.6 Å². The third-order valence-corrected chi connectivity index (χ3v) is 4.94. The molecule has 2 N–H and O–H groups in total. The summed E-state index contributed by atoms with van der Waals surface area (Å²) in [6.07, 6.45) is 0. The first kappa shape index (κ1) is 16.5. The molecule has 0 atom stereocenters. The summed E-state index contributed by atoms with van der Waals surface area (Å²) in [5.74, 6) is 0.864. The topological polar surface area (TPSA) is 78.3 Å². The Bertz CT molecular complexity index is 1070. The highest BCUT2D eigenvalue weighted by molar-refractivity contribution is 7.99. The number of carbonyl (C=O) groups excluding carboxylic acids is 1. The van der Waals surface area contributed by atoms with Gasteiger partial charge in [0.05, 0.1) is 16.8 Å². The van der Waals surface area contributed by atoms with E-state index in [0.717, 1.165) is 22.4 Å². The molecule has 8 heteroatoms. The molecule has 0 unspecified atom stereocenters. The lowest BCUT2D eigenvalue weighted by molar-refractivity contribution is -0.113. The number of nitrogens with zero attached hydrogens (tertiary/aromatic N) is 4. The lowest BCUT2D eigenvalue weighted by Crippen LogP contribution is -2.14. The van der Waals surface area contributed by atoms with Crippen LogP contribution in [0.4, 0.5) is 11.4 Å². The van der Waals surface area contributed by atoms with Crippen LogP contribution in [0.2, 0.25) is 0 Å². The summed E-state index contributed by atoms with van der Waals surface area (Å²) in [7, 11) is 3.96. The Hall–Kier alpha value is -3.00. The third-order valence-electron chi connectivity index (χ3n) is 4.00. The fourth-order valence-electron chi connectivity index (χ4n) is 2.71. The number of fused-ring (bicyclic) bond motifs is 3. The standard InChI is InChI=1S/C18H18N6OS/c1-23(2)13-9-7-12(8-10-13)19-16(25)11-26-18-22-21-17-20-14-5-3-4-6-15(14)24(17)18/h3-10H,11H2,1-2H3,(H,19,25)(H,20,21). The van der Waals surface area contributed by atoms with Crippen LogP contribution in [-0.2, 0) is 4.79 Å². The molecule has 0 spiro atoms. The van der Waals surface area contributed by atoms with Gasteiger partial charge in [-0.25, -0.2) is 10.1 Å². The molecule has 2 aromatic carbocycles. The van der Waals surface area contributed by atoms with Crippen molar-refractivity contribution in [3.05, 3.63) is 48.5 Å². The van der Waals surface area contributed by atoms with Gasteiger partial charge in [0, 0.05) is 25.5 Å². The number of hydrogen-bond donors (Lipinski definition) is 2. The quantitative estimate of drug-likeness (QED) is 0.531. The number of anilines is 2. The van der Waals surface area contributed by atoms with Gasteiger partial charge in [0.25, 0.3) is 0 Å². The van der Waals surface area contributed by atoms with Crippen molar-refractivity contribution >= 4 is 45.9 Å². The van der Waals surface area contributed by atoms with E-state index in [1.165, 1.54) is 11.8 Å². The molecule has 0 fully saturated rings. The van der Waals surface area contributed by atoms with Crippen LogP contribution in [0.5, 0.6) is 0 Å². The number of H-pyrrole nitrogens is 1. The molecule has 2 aromatic heterocycles. The van der Waals surface area contributed by atoms with Crippen molar-refractivity contribution in [2.24, 2.45) is 0 Å². The van der Waals surface area contributed by atoms with Crippen molar-refractivity contribution in [1.29, 1.82) is 0 Å². The number of para-hydroxylation sites is 2. The predicted molar refractivity (Wildman–Crippen MR) is 105 cm³/mol. The van der Waals surface area contributed by atoms with Crippen LogP contribution in [0.3, 0.4) is 0 Å². The van der Waals surface area contributed by atoms with E-state index in [-0.39, 0.29) is 11.7 Å². The van der Waals surface area contributed by atoms with Gasteiger partial charge in [-0.05, 0) is 36.4 Å². The number of imidazole rings is 1. The lowest BCUT2D eigenvalue weighted by atomic mass is 10.2. The molecular formula is C18H18N6OS. The Kier molecular flexibility index (Phi) is 4.26. The second-order valence-electron chi connectivity index (χ2n) is 6.04. The third kappa shape index (κ3) is 3.11. The monoisotopic (exact) mass is 366 g/mol. The zero-order valence-electron chi connectivity index (χ0n) is 14.4. The maximum atomic E-state index is 12.3. The van der Waals surface area contributed by atoms with E-state index in [4.69, 9.17) is 0 Å². The zero-order valence-corrected chi connectivity index (χ0v) is 15.2. The minimum atomic E-state index is -0.0758. The first-order valence-electron chi connectivity index (χ1n) is 8.13. The summed E-state index contributed by atoms with van der Waals surface area (Å²) < 4.78 is 1.93. The van der Waals surface area contributed by atoms with E-state index >= 15 is 0 Å². The number of benzene rings is 2. The lowest BCUT2D eigenvalue weighted by Gasteiger charge is -2.12. The number of aromatic nitrogens is 4. The second kappa shape index (κ2) is 6.72. The van der Waals surface area contributed by atoms with Crippen molar-refractivity contribution in [2.45, 2.75) is 5.16 Å². The fourth-order valence-corrected chi connectivity index (χ4v) is 3.47. The van der Waals surface area contributed by atoms with Crippen molar-refractivity contribution < 1.29 is 4.79 Å². The Labute approximate surface area is 154 Å². The first-order valence-corrected chi connectivity index (χ1v) is 9.12. The van der Waals surface area contributed by atoms with E-state index in [0.29, 0.717) is 10.9 Å². The Balaban J connectivity index is 1.45. The van der Waals surface area contributed by atoms with Gasteiger partial charge >= 0.3 is 0 Å². The van der Waals surface area contributed by atoms with Gasteiger partial charge in [-0.2, -0.15) is 0 Å². The van der Waals surface area contributed by atoms with E-state index in [1.807, 2.05) is 71.9 Å². The van der Waals surface area contributed by atoms with Crippen LogP contribution >= 0.6 is 11.8 Å². The molecule has 26 heavy (non-hydrogen) atoms. The van der Waals surface area contributed by atoms with Crippen molar-refractivity contribution in [2.75, 3.05) is 30.1 Å². The Morgan fingerprint density at radius 2 is 1.96 bits per heavy atom. The summed E-state index contributed by atoms with van der Waals surface area (Å²) in [5, 5.41) is 10.8. The number of aromatic amines is 1. The van der Waals surface area contributed by atoms with Gasteiger partial charge in [0.1, 0.15) is 0 Å². The fraction of sp³-hybridized carbons (Fsp3) is 0.167. The average Bonchev–Trinajstić information content (AvgIpc) is 3.19. The molecule has 0 saturated heterocycles. The summed E-state index contributed by atoms with van der Waals surface area (Å²) in [5.41, 5.74) is 3.73. The van der Waals surface area contributed by atoms with Crippen molar-refractivity contribution in [3.63, 3.8) is 0 Å². The van der Waals surface area contributed by atoms with Gasteiger partial charge in [-0.3, -0.25) is 9.20 Å². The van der Waals surface area contributed by atoms with Crippen LogP contribution in [0.25, 0.3) is 16.8 Å². The summed E-state index contributed by atoms with van der Waals surface area (Å²) in [6.45, 7) is 0. The Morgan fingerprint density at radius 3 is 2.73 bits per heavy atom. The highest BCUT2D eigenvalue weighted by atomic mass is 32.2. The minimum Gasteiger partial charge on any atom is -0.378 e. The number of amides is 1. The minimum absolute atomic E-state index is 0.0758. The molecule has 0 saturated carbocycles. The van der Waals surface area contributed by atoms with Crippen LogP contribution in [0, 0.1) is 0 Å². The number of nitrogens with one attached hydrogen (secondary N) is 2. The highest BCUT2D eigenvalue weighted by Gasteiger charge is 2.13. The van der Waals surface area contributed by atoms with Gasteiger partial charge < -0.3 is 10.2 Å². The van der Waals surface area contributed by atoms with Crippen LogP contribution in [0.15, 0.2) is 53.7 Å². The smallest absolute Gasteiger partial charge is 0.234 e. The molecule has 2 heterocycles.